The molecule has 0 saturated heterocycles. The molecule has 0 bridgehead atoms. The van der Waals surface area contributed by atoms with E-state index in [9.17, 15) is 4.79 Å². The van der Waals surface area contributed by atoms with Gasteiger partial charge in [0, 0.05) is 5.56 Å². The molecule has 2 N–H and O–H groups in total. The zero-order chi connectivity index (χ0) is 10.7. The Bertz CT molecular complexity index is 401. The number of hydrogen-bond donors (Lipinski definition) is 2. The quantitative estimate of drug-likeness (QED) is 0.449. The van der Waals surface area contributed by atoms with Crippen LogP contribution in [0.15, 0.2) is 23.4 Å². The first kappa shape index (κ1) is 10.5. The summed E-state index contributed by atoms with van der Waals surface area (Å²) in [7, 11) is 0. The number of nitrogens with zero attached hydrogens (tertiary/aromatic N) is 1. The van der Waals surface area contributed by atoms with Gasteiger partial charge >= 0.3 is 5.97 Å². The minimum atomic E-state index is -0.994. The second-order valence-electron chi connectivity index (χ2n) is 2.73. The lowest BCUT2D eigenvalue weighted by Crippen LogP contribution is -2.01. The second-order valence-corrected chi connectivity index (χ2v) is 3.08. The summed E-state index contributed by atoms with van der Waals surface area (Å²) >= 11 is 5.55. The molecule has 0 spiro atoms. The molecule has 0 amide bonds. The summed E-state index contributed by atoms with van der Waals surface area (Å²) < 4.78 is 0. The Balaban J connectivity index is 3.19. The Morgan fingerprint density at radius 1 is 1.50 bits per heavy atom. The minimum Gasteiger partial charge on any atom is -0.478 e. The third-order valence-electron chi connectivity index (χ3n) is 1.78. The Hall–Kier alpha value is -1.55. The highest BCUT2D eigenvalue weighted by molar-refractivity contribution is 6.69. The van der Waals surface area contributed by atoms with Gasteiger partial charge in [-0.3, -0.25) is 0 Å². The van der Waals surface area contributed by atoms with Crippen molar-refractivity contribution in [2.75, 3.05) is 0 Å². The van der Waals surface area contributed by atoms with E-state index in [1.807, 2.05) is 0 Å². The van der Waals surface area contributed by atoms with Crippen LogP contribution in [0.1, 0.15) is 21.5 Å². The number of halogens is 1. The number of benzene rings is 1. The molecule has 4 nitrogen and oxygen atoms in total. The average molecular weight is 214 g/mol. The van der Waals surface area contributed by atoms with E-state index in [1.54, 1.807) is 13.0 Å². The predicted molar refractivity (Wildman–Crippen MR) is 52.3 cm³/mol. The number of carboxylic acid groups (broad SMARTS) is 1. The molecule has 0 atom stereocenters. The van der Waals surface area contributed by atoms with Crippen LogP contribution in [0.4, 0.5) is 0 Å². The largest absolute Gasteiger partial charge is 0.478 e. The number of rotatable bonds is 2. The number of oxime groups is 1. The van der Waals surface area contributed by atoms with Crippen LogP contribution in [0.2, 0.25) is 0 Å². The molecule has 1 aromatic rings. The smallest absolute Gasteiger partial charge is 0.335 e. The summed E-state index contributed by atoms with van der Waals surface area (Å²) in [6, 6.07) is 4.45. The maximum Gasteiger partial charge on any atom is 0.335 e. The maximum absolute atomic E-state index is 10.7. The molecule has 0 aliphatic heterocycles. The van der Waals surface area contributed by atoms with Crippen LogP contribution in [-0.4, -0.2) is 21.5 Å². The molecule has 14 heavy (non-hydrogen) atoms. The Kier molecular flexibility index (Phi) is 3.09. The van der Waals surface area contributed by atoms with E-state index >= 15 is 0 Å². The van der Waals surface area contributed by atoms with Gasteiger partial charge in [-0.1, -0.05) is 22.8 Å². The zero-order valence-corrected chi connectivity index (χ0v) is 8.12. The van der Waals surface area contributed by atoms with Crippen LogP contribution in [0.25, 0.3) is 0 Å². The molecule has 1 aromatic carbocycles. The summed E-state index contributed by atoms with van der Waals surface area (Å²) in [6.45, 7) is 1.65. The number of carbonyl (C=O) groups is 1. The predicted octanol–water partition coefficient (Wildman–Crippen LogP) is 2.07. The Morgan fingerprint density at radius 3 is 2.57 bits per heavy atom. The van der Waals surface area contributed by atoms with E-state index in [-0.39, 0.29) is 10.7 Å². The highest BCUT2D eigenvalue weighted by Gasteiger charge is 2.08. The lowest BCUT2D eigenvalue weighted by molar-refractivity contribution is 0.0696. The molecule has 0 saturated carbocycles. The van der Waals surface area contributed by atoms with Crippen LogP contribution >= 0.6 is 11.6 Å². The summed E-state index contributed by atoms with van der Waals surface area (Å²) in [4.78, 5) is 10.7. The van der Waals surface area contributed by atoms with Gasteiger partial charge in [0.25, 0.3) is 0 Å². The number of carboxylic acids is 1. The molecule has 0 unspecified atom stereocenters. The van der Waals surface area contributed by atoms with E-state index in [2.05, 4.69) is 5.16 Å². The molecule has 0 radical (unpaired) electrons. The standard InChI is InChI=1S/C9H8ClNO3/c1-5-4-6(8(10)11-14)2-3-7(5)9(12)13/h2-4,14H,1H3,(H,12,13)/b11-8+. The van der Waals surface area contributed by atoms with E-state index in [0.717, 1.165) is 0 Å². The van der Waals surface area contributed by atoms with Gasteiger partial charge in [-0.2, -0.15) is 0 Å². The van der Waals surface area contributed by atoms with Gasteiger partial charge < -0.3 is 10.3 Å². The maximum atomic E-state index is 10.7. The van der Waals surface area contributed by atoms with Crippen molar-refractivity contribution in [3.63, 3.8) is 0 Å². The Labute approximate surface area is 85.4 Å². The normalized spacial score (nSPS) is 11.4. The molecule has 0 aliphatic rings. The summed E-state index contributed by atoms with van der Waals surface area (Å²) in [5.41, 5.74) is 1.25. The number of aryl methyl sites for hydroxylation is 1. The minimum absolute atomic E-state index is 0.0648. The van der Waals surface area contributed by atoms with Crippen molar-refractivity contribution in [2.24, 2.45) is 5.16 Å². The van der Waals surface area contributed by atoms with Crippen molar-refractivity contribution < 1.29 is 15.1 Å². The first-order valence-corrected chi connectivity index (χ1v) is 4.16. The van der Waals surface area contributed by atoms with E-state index in [0.29, 0.717) is 11.1 Å². The van der Waals surface area contributed by atoms with Crippen molar-refractivity contribution >= 4 is 22.7 Å². The van der Waals surface area contributed by atoms with Crippen LogP contribution in [-0.2, 0) is 0 Å². The summed E-state index contributed by atoms with van der Waals surface area (Å²) in [5, 5.41) is 19.9. The number of hydrogen-bond acceptors (Lipinski definition) is 3. The summed E-state index contributed by atoms with van der Waals surface area (Å²) in [6.07, 6.45) is 0. The van der Waals surface area contributed by atoms with Gasteiger partial charge in [-0.15, -0.1) is 0 Å². The Morgan fingerprint density at radius 2 is 2.14 bits per heavy atom. The fourth-order valence-electron chi connectivity index (χ4n) is 1.09. The van der Waals surface area contributed by atoms with Gasteiger partial charge in [-0.25, -0.2) is 4.79 Å². The van der Waals surface area contributed by atoms with Crippen molar-refractivity contribution in [2.45, 2.75) is 6.92 Å². The summed E-state index contributed by atoms with van der Waals surface area (Å²) in [5.74, 6) is -0.994. The van der Waals surface area contributed by atoms with E-state index in [1.165, 1.54) is 12.1 Å². The van der Waals surface area contributed by atoms with Crippen LogP contribution in [0, 0.1) is 6.92 Å². The van der Waals surface area contributed by atoms with Crippen LogP contribution in [0.3, 0.4) is 0 Å². The van der Waals surface area contributed by atoms with Gasteiger partial charge in [-0.05, 0) is 24.6 Å². The van der Waals surface area contributed by atoms with Gasteiger partial charge in [0.05, 0.1) is 5.56 Å². The highest BCUT2D eigenvalue weighted by Crippen LogP contribution is 2.13. The SMILES string of the molecule is Cc1cc(/C(Cl)=N\O)ccc1C(=O)O. The van der Waals surface area contributed by atoms with Gasteiger partial charge in [0.2, 0.25) is 0 Å². The molecule has 0 aromatic heterocycles. The molecule has 0 heterocycles. The number of aromatic carboxylic acids is 1. The third-order valence-corrected chi connectivity index (χ3v) is 2.08. The molecule has 1 rings (SSSR count). The highest BCUT2D eigenvalue weighted by atomic mass is 35.5. The average Bonchev–Trinajstić information content (AvgIpc) is 2.15. The molecular weight excluding hydrogens is 206 g/mol. The van der Waals surface area contributed by atoms with E-state index < -0.39 is 5.97 Å². The first-order valence-electron chi connectivity index (χ1n) is 3.78. The topological polar surface area (TPSA) is 69.9 Å². The second kappa shape index (κ2) is 4.11. The molecule has 5 heteroatoms. The van der Waals surface area contributed by atoms with Gasteiger partial charge in [0.1, 0.15) is 0 Å². The third kappa shape index (κ3) is 2.03. The monoisotopic (exact) mass is 213 g/mol. The fourth-order valence-corrected chi connectivity index (χ4v) is 1.21. The van der Waals surface area contributed by atoms with Crippen molar-refractivity contribution in [3.8, 4) is 0 Å². The lowest BCUT2D eigenvalue weighted by Gasteiger charge is -2.02. The zero-order valence-electron chi connectivity index (χ0n) is 7.36. The van der Waals surface area contributed by atoms with Crippen molar-refractivity contribution in [1.29, 1.82) is 0 Å². The lowest BCUT2D eigenvalue weighted by atomic mass is 10.1. The molecular formula is C9H8ClNO3. The van der Waals surface area contributed by atoms with Crippen LogP contribution < -0.4 is 0 Å². The first-order chi connectivity index (χ1) is 6.56. The van der Waals surface area contributed by atoms with Crippen LogP contribution in [0.5, 0.6) is 0 Å². The van der Waals surface area contributed by atoms with Gasteiger partial charge in [0.15, 0.2) is 5.17 Å². The van der Waals surface area contributed by atoms with E-state index in [4.69, 9.17) is 21.9 Å². The van der Waals surface area contributed by atoms with Crippen molar-refractivity contribution in [3.05, 3.63) is 34.9 Å². The molecule has 74 valence electrons. The van der Waals surface area contributed by atoms with Crippen molar-refractivity contribution in [1.82, 2.24) is 0 Å². The molecule has 0 aliphatic carbocycles. The fraction of sp³-hybridized carbons (Fsp3) is 0.111. The molecule has 0 fully saturated rings.